The molecule has 1 heterocycles. The highest BCUT2D eigenvalue weighted by atomic mass is 16.6. The number of carbonyl (C=O) groups excluding carboxylic acids is 2. The molecule has 2 aromatic carbocycles. The van der Waals surface area contributed by atoms with Crippen LogP contribution >= 0.6 is 0 Å². The molecule has 2 aromatic rings. The average Bonchev–Trinajstić information content (AvgIpc) is 3.29. The van der Waals surface area contributed by atoms with Gasteiger partial charge >= 0.3 is 0 Å². The van der Waals surface area contributed by atoms with Crippen molar-refractivity contribution in [2.75, 3.05) is 19.1 Å². The minimum Gasteiger partial charge on any atom is -0.497 e. The van der Waals surface area contributed by atoms with Crippen LogP contribution < -0.4 is 9.64 Å². The van der Waals surface area contributed by atoms with E-state index in [2.05, 4.69) is 12.1 Å². The number of hydrogen-bond acceptors (Lipinski definition) is 7. The van der Waals surface area contributed by atoms with Crippen LogP contribution in [0.4, 0.5) is 11.4 Å². The maximum atomic E-state index is 14.0. The highest BCUT2D eigenvalue weighted by Gasteiger charge is 2.72. The molecule has 0 N–H and O–H groups in total. The summed E-state index contributed by atoms with van der Waals surface area (Å²) in [4.78, 5) is 40.2. The summed E-state index contributed by atoms with van der Waals surface area (Å²) in [7, 11) is 2.97. The smallest absolute Gasteiger partial charge is 0.269 e. The minimum atomic E-state index is -2.01. The van der Waals surface area contributed by atoms with Crippen LogP contribution in [0, 0.1) is 44.1 Å². The number of fused-ring (bicyclic) bond motifs is 2. The van der Waals surface area contributed by atoms with Gasteiger partial charge in [0.05, 0.1) is 24.2 Å². The molecule has 0 saturated heterocycles. The van der Waals surface area contributed by atoms with Gasteiger partial charge in [-0.3, -0.25) is 19.7 Å². The van der Waals surface area contributed by atoms with Gasteiger partial charge in [-0.2, -0.15) is 10.5 Å². The van der Waals surface area contributed by atoms with Gasteiger partial charge in [-0.1, -0.05) is 19.4 Å². The number of ketones is 1. The lowest BCUT2D eigenvalue weighted by atomic mass is 9.57. The van der Waals surface area contributed by atoms with E-state index in [4.69, 9.17) is 4.74 Å². The van der Waals surface area contributed by atoms with Crippen LogP contribution in [-0.4, -0.2) is 30.8 Å². The van der Waals surface area contributed by atoms with Gasteiger partial charge in [0, 0.05) is 47.5 Å². The van der Waals surface area contributed by atoms with Gasteiger partial charge in [0.2, 0.25) is 5.91 Å². The molecule has 1 aliphatic carbocycles. The second-order valence-electron chi connectivity index (χ2n) is 8.64. The zero-order valence-electron chi connectivity index (χ0n) is 19.4. The van der Waals surface area contributed by atoms with E-state index in [0.29, 0.717) is 24.3 Å². The molecule has 1 aliphatic heterocycles. The van der Waals surface area contributed by atoms with Crippen molar-refractivity contribution in [2.45, 2.75) is 25.2 Å². The number of benzene rings is 2. The Morgan fingerprint density at radius 1 is 1.20 bits per heavy atom. The Kier molecular flexibility index (Phi) is 5.66. The Balaban J connectivity index is 2.07. The van der Waals surface area contributed by atoms with E-state index in [-0.39, 0.29) is 22.4 Å². The highest BCUT2D eigenvalue weighted by molar-refractivity contribution is 6.22. The van der Waals surface area contributed by atoms with E-state index in [1.165, 1.54) is 37.3 Å². The summed E-state index contributed by atoms with van der Waals surface area (Å²) in [5.41, 5.74) is -3.61. The SMILES string of the molecule is CCC[C@H]1C=C(C(=O)c2ccc(OC)cc2)[C@]2(C(=O)N(C)c3ccc([N+](=O)[O-])cc32)C1(C#N)C#N. The van der Waals surface area contributed by atoms with E-state index in [1.807, 2.05) is 6.92 Å². The predicted molar refractivity (Wildman–Crippen MR) is 126 cm³/mol. The first kappa shape index (κ1) is 23.7. The number of methoxy groups -OCH3 is 1. The quantitative estimate of drug-likeness (QED) is 0.352. The summed E-state index contributed by atoms with van der Waals surface area (Å²) in [5.74, 6) is -1.37. The molecule has 2 aliphatic rings. The standard InChI is InChI=1S/C26H22N4O5/c1-4-5-17-12-21(23(31)16-6-9-19(35-3)10-7-16)26(25(17,14-27)15-28)20-13-18(30(33)34)8-11-22(20)29(2)24(26)32/h6-13,17H,4-5H2,1-3H3/t17-,26+/m0/s1. The summed E-state index contributed by atoms with van der Waals surface area (Å²) in [6.45, 7) is 1.88. The Morgan fingerprint density at radius 3 is 2.40 bits per heavy atom. The number of carbonyl (C=O) groups is 2. The fraction of sp³-hybridized carbons (Fsp3) is 0.308. The van der Waals surface area contributed by atoms with Crippen molar-refractivity contribution >= 4 is 23.1 Å². The van der Waals surface area contributed by atoms with Gasteiger partial charge in [0.15, 0.2) is 11.2 Å². The first-order valence-corrected chi connectivity index (χ1v) is 11.0. The molecular formula is C26H22N4O5. The number of hydrogen-bond donors (Lipinski definition) is 0. The molecule has 4 rings (SSSR count). The Hall–Kier alpha value is -4.50. The summed E-state index contributed by atoms with van der Waals surface area (Å²) < 4.78 is 5.16. The molecule has 0 bridgehead atoms. The van der Waals surface area contributed by atoms with E-state index < -0.39 is 33.4 Å². The molecule has 0 saturated carbocycles. The number of amides is 1. The molecule has 9 heteroatoms. The van der Waals surface area contributed by atoms with Crippen LogP contribution in [0.3, 0.4) is 0 Å². The van der Waals surface area contributed by atoms with Gasteiger partial charge in [-0.25, -0.2) is 0 Å². The van der Waals surface area contributed by atoms with Crippen LogP contribution in [0.1, 0.15) is 35.7 Å². The Labute approximate surface area is 202 Å². The maximum Gasteiger partial charge on any atom is 0.269 e. The molecule has 0 unspecified atom stereocenters. The number of rotatable bonds is 6. The summed E-state index contributed by atoms with van der Waals surface area (Å²) in [6.07, 6.45) is 2.53. The van der Waals surface area contributed by atoms with Crippen LogP contribution in [0.5, 0.6) is 5.75 Å². The number of non-ortho nitro benzene ring substituents is 1. The molecule has 9 nitrogen and oxygen atoms in total. The van der Waals surface area contributed by atoms with E-state index in [0.717, 1.165) is 0 Å². The number of allylic oxidation sites excluding steroid dienone is 1. The third kappa shape index (κ3) is 2.98. The van der Waals surface area contributed by atoms with Gasteiger partial charge < -0.3 is 9.64 Å². The van der Waals surface area contributed by atoms with Gasteiger partial charge in [-0.15, -0.1) is 0 Å². The third-order valence-corrected chi connectivity index (χ3v) is 7.05. The van der Waals surface area contributed by atoms with Crippen molar-refractivity contribution in [3.8, 4) is 17.9 Å². The molecule has 35 heavy (non-hydrogen) atoms. The van der Waals surface area contributed by atoms with Gasteiger partial charge in [-0.05, 0) is 36.8 Å². The lowest BCUT2D eigenvalue weighted by Gasteiger charge is -2.37. The number of ether oxygens (including phenoxy) is 1. The predicted octanol–water partition coefficient (Wildman–Crippen LogP) is 4.09. The molecule has 0 radical (unpaired) electrons. The molecule has 1 amide bonds. The van der Waals surface area contributed by atoms with Crippen LogP contribution in [0.2, 0.25) is 0 Å². The summed E-state index contributed by atoms with van der Waals surface area (Å²) >= 11 is 0. The number of nitro groups is 1. The monoisotopic (exact) mass is 470 g/mol. The average molecular weight is 470 g/mol. The fourth-order valence-electron chi connectivity index (χ4n) is 5.40. The van der Waals surface area contributed by atoms with Crippen molar-refractivity contribution < 1.29 is 19.2 Å². The normalized spacial score (nSPS) is 21.7. The van der Waals surface area contributed by atoms with Gasteiger partial charge in [0.25, 0.3) is 5.69 Å². The van der Waals surface area contributed by atoms with Crippen molar-refractivity contribution in [2.24, 2.45) is 11.3 Å². The lowest BCUT2D eigenvalue weighted by molar-refractivity contribution is -0.384. The molecule has 176 valence electrons. The number of anilines is 1. The number of likely N-dealkylation sites (N-methyl/N-ethyl adjacent to an activating group) is 1. The van der Waals surface area contributed by atoms with Crippen LogP contribution in [0.25, 0.3) is 0 Å². The number of nitro benzene ring substituents is 1. The van der Waals surface area contributed by atoms with E-state index >= 15 is 0 Å². The third-order valence-electron chi connectivity index (χ3n) is 7.05. The summed E-state index contributed by atoms with van der Waals surface area (Å²) in [6, 6.07) is 14.3. The largest absolute Gasteiger partial charge is 0.497 e. The second-order valence-corrected chi connectivity index (χ2v) is 8.64. The van der Waals surface area contributed by atoms with Crippen molar-refractivity contribution in [1.82, 2.24) is 0 Å². The topological polar surface area (TPSA) is 137 Å². The van der Waals surface area contributed by atoms with Crippen LogP contribution in [-0.2, 0) is 10.2 Å². The zero-order valence-corrected chi connectivity index (χ0v) is 19.4. The number of nitrogens with zero attached hydrogens (tertiary/aromatic N) is 4. The molecule has 0 aromatic heterocycles. The van der Waals surface area contributed by atoms with Gasteiger partial charge in [0.1, 0.15) is 11.2 Å². The van der Waals surface area contributed by atoms with Crippen molar-refractivity contribution in [3.63, 3.8) is 0 Å². The molecular weight excluding hydrogens is 448 g/mol. The second kappa shape index (κ2) is 8.37. The van der Waals surface area contributed by atoms with E-state index in [1.54, 1.807) is 30.3 Å². The minimum absolute atomic E-state index is 0.0136. The Bertz CT molecular complexity index is 1350. The first-order valence-electron chi connectivity index (χ1n) is 11.0. The number of nitriles is 2. The highest BCUT2D eigenvalue weighted by Crippen LogP contribution is 2.64. The molecule has 1 spiro atoms. The van der Waals surface area contributed by atoms with Crippen molar-refractivity contribution in [1.29, 1.82) is 10.5 Å². The molecule has 0 fully saturated rings. The molecule has 2 atom stereocenters. The fourth-order valence-corrected chi connectivity index (χ4v) is 5.40. The maximum absolute atomic E-state index is 14.0. The lowest BCUT2D eigenvalue weighted by Crippen LogP contribution is -2.53. The van der Waals surface area contributed by atoms with Crippen molar-refractivity contribution in [3.05, 3.63) is 75.4 Å². The van der Waals surface area contributed by atoms with E-state index in [9.17, 15) is 30.2 Å². The zero-order chi connectivity index (χ0) is 25.5. The summed E-state index contributed by atoms with van der Waals surface area (Å²) in [5, 5.41) is 32.5. The number of Topliss-reactive ketones (excluding diaryl/α,β-unsaturated/α-hetero) is 1. The Morgan fingerprint density at radius 2 is 1.86 bits per heavy atom. The first-order chi connectivity index (χ1) is 16.7. The van der Waals surface area contributed by atoms with Crippen LogP contribution in [0.15, 0.2) is 54.1 Å².